The largest absolute Gasteiger partial charge is 0.417 e. The number of hydrogen-bond donors (Lipinski definition) is 4. The normalized spacial score (nSPS) is 23.9. The first-order valence-corrected chi connectivity index (χ1v) is 15.7. The van der Waals surface area contributed by atoms with E-state index in [4.69, 9.17) is 4.84 Å². The molecule has 2 fully saturated rings. The number of carbonyl (C=O) groups excluding carboxylic acids is 5. The van der Waals surface area contributed by atoms with E-state index in [0.29, 0.717) is 45.2 Å². The van der Waals surface area contributed by atoms with Gasteiger partial charge in [-0.1, -0.05) is 38.5 Å². The summed E-state index contributed by atoms with van der Waals surface area (Å²) < 4.78 is 1.61. The van der Waals surface area contributed by atoms with Crippen LogP contribution in [0.25, 0.3) is 10.9 Å². The molecule has 240 valence electrons. The second-order valence-electron chi connectivity index (χ2n) is 11.9. The zero-order valence-corrected chi connectivity index (χ0v) is 26.2. The maximum absolute atomic E-state index is 14.0. The number of amides is 5. The van der Waals surface area contributed by atoms with Crippen molar-refractivity contribution >= 4 is 40.4 Å². The Hall–Kier alpha value is -4.09. The molecule has 0 saturated carbocycles. The van der Waals surface area contributed by atoms with E-state index in [1.165, 1.54) is 6.92 Å². The summed E-state index contributed by atoms with van der Waals surface area (Å²) >= 11 is 0. The lowest BCUT2D eigenvalue weighted by molar-refractivity contribution is -0.147. The van der Waals surface area contributed by atoms with Crippen LogP contribution in [0.2, 0.25) is 0 Å². The fraction of sp³-hybridized carbons (Fsp3) is 0.594. The molecular formula is C32H46N6O6. The lowest BCUT2D eigenvalue weighted by Crippen LogP contribution is -2.64. The van der Waals surface area contributed by atoms with E-state index in [2.05, 4.69) is 21.3 Å². The van der Waals surface area contributed by atoms with Crippen LogP contribution in [0.3, 0.4) is 0 Å². The van der Waals surface area contributed by atoms with Gasteiger partial charge in [-0.05, 0) is 56.1 Å². The van der Waals surface area contributed by atoms with Gasteiger partial charge in [0, 0.05) is 38.0 Å². The Bertz CT molecular complexity index is 1360. The number of fused-ring (bicyclic) bond motifs is 2. The third kappa shape index (κ3) is 7.70. The summed E-state index contributed by atoms with van der Waals surface area (Å²) in [6, 6.07) is 4.12. The predicted octanol–water partition coefficient (Wildman–Crippen LogP) is 1.44. The Morgan fingerprint density at radius 3 is 2.48 bits per heavy atom. The summed E-state index contributed by atoms with van der Waals surface area (Å²) in [6.45, 7) is 6.17. The number of carbonyl (C=O) groups is 5. The van der Waals surface area contributed by atoms with Crippen molar-refractivity contribution in [2.75, 3.05) is 20.2 Å². The molecular weight excluding hydrogens is 564 g/mol. The minimum absolute atomic E-state index is 0.136. The lowest BCUT2D eigenvalue weighted by atomic mass is 9.93. The summed E-state index contributed by atoms with van der Waals surface area (Å²) in [6.07, 6.45) is 6.09. The molecule has 12 nitrogen and oxygen atoms in total. The second-order valence-corrected chi connectivity index (χ2v) is 11.9. The van der Waals surface area contributed by atoms with Crippen molar-refractivity contribution in [3.63, 3.8) is 0 Å². The first kappa shape index (κ1) is 32.8. The van der Waals surface area contributed by atoms with E-state index in [-0.39, 0.29) is 30.1 Å². The van der Waals surface area contributed by atoms with Crippen LogP contribution in [0.15, 0.2) is 30.5 Å². The quantitative estimate of drug-likeness (QED) is 0.299. The number of nitrogens with zero attached hydrogens (tertiary/aromatic N) is 2. The zero-order chi connectivity index (χ0) is 31.8. The van der Waals surface area contributed by atoms with Crippen LogP contribution in [0.5, 0.6) is 0 Å². The number of para-hydroxylation sites is 1. The van der Waals surface area contributed by atoms with Crippen molar-refractivity contribution in [2.24, 2.45) is 5.92 Å². The van der Waals surface area contributed by atoms with Gasteiger partial charge in [0.1, 0.15) is 31.3 Å². The number of unbranched alkanes of at least 4 members (excludes halogenated alkanes) is 1. The van der Waals surface area contributed by atoms with E-state index in [0.717, 1.165) is 29.3 Å². The molecule has 0 unspecified atom stereocenters. The Labute approximate surface area is 258 Å². The Balaban J connectivity index is 1.68. The van der Waals surface area contributed by atoms with Crippen molar-refractivity contribution in [2.45, 2.75) is 96.3 Å². The Morgan fingerprint density at radius 1 is 1.02 bits per heavy atom. The van der Waals surface area contributed by atoms with Crippen LogP contribution in [0.1, 0.15) is 71.3 Å². The average molecular weight is 611 g/mol. The molecule has 12 heteroatoms. The first-order chi connectivity index (χ1) is 21.1. The molecule has 2 aromatic rings. The van der Waals surface area contributed by atoms with Crippen molar-refractivity contribution in [3.8, 4) is 0 Å². The van der Waals surface area contributed by atoms with E-state index >= 15 is 0 Å². The van der Waals surface area contributed by atoms with E-state index in [1.54, 1.807) is 22.9 Å². The van der Waals surface area contributed by atoms with E-state index in [9.17, 15) is 24.0 Å². The molecule has 5 atom stereocenters. The Kier molecular flexibility index (Phi) is 11.2. The van der Waals surface area contributed by atoms with Crippen LogP contribution in [-0.2, 0) is 30.4 Å². The second kappa shape index (κ2) is 15.1. The number of rotatable bonds is 10. The maximum Gasteiger partial charge on any atom is 0.246 e. The van der Waals surface area contributed by atoms with Gasteiger partial charge in [-0.2, -0.15) is 4.73 Å². The lowest BCUT2D eigenvalue weighted by Gasteiger charge is -2.39. The third-order valence-electron chi connectivity index (χ3n) is 8.81. The third-order valence-corrected chi connectivity index (χ3v) is 8.81. The van der Waals surface area contributed by atoms with Gasteiger partial charge in [0.2, 0.25) is 29.5 Å². The summed E-state index contributed by atoms with van der Waals surface area (Å²) in [4.78, 5) is 73.9. The molecule has 0 bridgehead atoms. The SMILES string of the molecule is CC[C@H](C)[C@@H]1NC(=O)[C@H](Cc2cn(OC)c3ccccc23)NC(=O)[C@H](CCCCNC(C)=O)NC(=O)[C@H]2CCCCN2C1=O. The van der Waals surface area contributed by atoms with Gasteiger partial charge in [0.15, 0.2) is 0 Å². The zero-order valence-electron chi connectivity index (χ0n) is 26.2. The summed E-state index contributed by atoms with van der Waals surface area (Å²) in [5, 5.41) is 12.4. The highest BCUT2D eigenvalue weighted by molar-refractivity contribution is 5.98. The van der Waals surface area contributed by atoms with Gasteiger partial charge in [-0.25, -0.2) is 0 Å². The summed E-state index contributed by atoms with van der Waals surface area (Å²) in [5.41, 5.74) is 1.60. The minimum atomic E-state index is -1.02. The average Bonchev–Trinajstić information content (AvgIpc) is 3.38. The molecule has 4 rings (SSSR count). The van der Waals surface area contributed by atoms with Crippen LogP contribution in [-0.4, -0.2) is 83.5 Å². The molecule has 2 aliphatic heterocycles. The molecule has 5 amide bonds. The number of benzene rings is 1. The molecule has 2 saturated heterocycles. The topological polar surface area (TPSA) is 151 Å². The Morgan fingerprint density at radius 2 is 1.75 bits per heavy atom. The molecule has 4 N–H and O–H groups in total. The first-order valence-electron chi connectivity index (χ1n) is 15.7. The standard InChI is InChI=1S/C32H46N6O6/c1-5-20(2)28-32(43)37-17-11-9-15-27(37)31(42)34-24(13-8-10-16-33-21(3)39)29(40)35-25(30(41)36-28)18-22-19-38(44-4)26-14-7-6-12-23(22)26/h6-7,12,14,19-20,24-25,27-28H,5,8-11,13,15-18H2,1-4H3,(H,33,39)(H,34,42)(H,35,40)(H,36,41)/t20-,24-,25-,27+,28-/m0/s1. The highest BCUT2D eigenvalue weighted by atomic mass is 16.6. The number of aromatic nitrogens is 1. The maximum atomic E-state index is 14.0. The van der Waals surface area contributed by atoms with Crippen LogP contribution in [0, 0.1) is 5.92 Å². The van der Waals surface area contributed by atoms with Crippen molar-refractivity contribution in [1.29, 1.82) is 0 Å². The highest BCUT2D eigenvalue weighted by Gasteiger charge is 2.40. The molecule has 0 radical (unpaired) electrons. The van der Waals surface area contributed by atoms with Gasteiger partial charge in [0.05, 0.1) is 5.52 Å². The fourth-order valence-electron chi connectivity index (χ4n) is 6.09. The summed E-state index contributed by atoms with van der Waals surface area (Å²) in [7, 11) is 1.55. The number of hydrogen-bond acceptors (Lipinski definition) is 6. The summed E-state index contributed by atoms with van der Waals surface area (Å²) in [5.74, 6) is -1.90. The van der Waals surface area contributed by atoms with E-state index in [1.807, 2.05) is 38.1 Å². The van der Waals surface area contributed by atoms with Crippen LogP contribution < -0.4 is 26.1 Å². The molecule has 3 heterocycles. The van der Waals surface area contributed by atoms with Crippen molar-refractivity contribution < 1.29 is 28.8 Å². The van der Waals surface area contributed by atoms with Gasteiger partial charge < -0.3 is 31.0 Å². The molecule has 1 aromatic heterocycles. The number of piperidine rings is 1. The fourth-order valence-corrected chi connectivity index (χ4v) is 6.09. The van der Waals surface area contributed by atoms with E-state index < -0.39 is 36.0 Å². The predicted molar refractivity (Wildman–Crippen MR) is 165 cm³/mol. The highest BCUT2D eigenvalue weighted by Crippen LogP contribution is 2.24. The molecule has 1 aromatic carbocycles. The molecule has 44 heavy (non-hydrogen) atoms. The minimum Gasteiger partial charge on any atom is -0.417 e. The number of nitrogens with one attached hydrogen (secondary N) is 4. The monoisotopic (exact) mass is 610 g/mol. The van der Waals surface area contributed by atoms with Crippen LogP contribution >= 0.6 is 0 Å². The molecule has 2 aliphatic rings. The molecule has 0 spiro atoms. The van der Waals surface area contributed by atoms with Crippen LogP contribution in [0.4, 0.5) is 0 Å². The van der Waals surface area contributed by atoms with Gasteiger partial charge in [0.25, 0.3) is 0 Å². The molecule has 0 aliphatic carbocycles. The van der Waals surface area contributed by atoms with Crippen molar-refractivity contribution in [3.05, 3.63) is 36.0 Å². The van der Waals surface area contributed by atoms with Gasteiger partial charge in [-0.15, -0.1) is 0 Å². The van der Waals surface area contributed by atoms with Gasteiger partial charge >= 0.3 is 0 Å². The smallest absolute Gasteiger partial charge is 0.246 e. The van der Waals surface area contributed by atoms with Gasteiger partial charge in [-0.3, -0.25) is 24.0 Å². The van der Waals surface area contributed by atoms with Crippen molar-refractivity contribution in [1.82, 2.24) is 30.9 Å².